The van der Waals surface area contributed by atoms with Gasteiger partial charge in [-0.25, -0.2) is 0 Å². The van der Waals surface area contributed by atoms with E-state index in [0.29, 0.717) is 0 Å². The summed E-state index contributed by atoms with van der Waals surface area (Å²) in [5.41, 5.74) is 2.34. The smallest absolute Gasteiger partial charge is 0.271 e. The molecule has 2 bridgehead atoms. The molecule has 0 unspecified atom stereocenters. The largest absolute Gasteiger partial charge is 0.366 e. The topological polar surface area (TPSA) is 49.6 Å². The minimum Gasteiger partial charge on any atom is -0.366 e. The lowest BCUT2D eigenvalue weighted by Crippen LogP contribution is -2.51. The van der Waals surface area contributed by atoms with Crippen molar-refractivity contribution < 1.29 is 4.92 Å². The van der Waals surface area contributed by atoms with Gasteiger partial charge in [-0.2, -0.15) is 0 Å². The zero-order chi connectivity index (χ0) is 10.4. The molecule has 0 N–H and O–H groups in total. The van der Waals surface area contributed by atoms with E-state index >= 15 is 0 Å². The molecule has 4 rings (SSSR count). The molecule has 3 aliphatic rings. The van der Waals surface area contributed by atoms with Gasteiger partial charge in [0.05, 0.1) is 16.3 Å². The molecule has 1 saturated heterocycles. The van der Waals surface area contributed by atoms with Gasteiger partial charge >= 0.3 is 0 Å². The standard InChI is InChI=1S/C10H11N3O2/c14-13(15)8-1-2-9-10(7-8)12-5-3-11(9)4-6-12/h1-2,7H,3-6H2. The lowest BCUT2D eigenvalue weighted by atomic mass is 10.1. The zero-order valence-electron chi connectivity index (χ0n) is 8.22. The normalized spacial score (nSPS) is 17.9. The van der Waals surface area contributed by atoms with Crippen LogP contribution in [-0.4, -0.2) is 31.1 Å². The summed E-state index contributed by atoms with van der Waals surface area (Å²) < 4.78 is 0. The van der Waals surface area contributed by atoms with Crippen molar-refractivity contribution in [2.75, 3.05) is 36.0 Å². The van der Waals surface area contributed by atoms with Gasteiger partial charge in [-0.15, -0.1) is 0 Å². The maximum atomic E-state index is 10.7. The van der Waals surface area contributed by atoms with Crippen LogP contribution < -0.4 is 9.80 Å². The quantitative estimate of drug-likeness (QED) is 0.511. The molecule has 5 heteroatoms. The molecule has 78 valence electrons. The summed E-state index contributed by atoms with van der Waals surface area (Å²) in [6.45, 7) is 4.03. The minimum atomic E-state index is -0.334. The third-order valence-electron chi connectivity index (χ3n) is 3.13. The molecule has 0 atom stereocenters. The number of anilines is 2. The number of nitro benzene ring substituents is 1. The monoisotopic (exact) mass is 205 g/mol. The van der Waals surface area contributed by atoms with Crippen molar-refractivity contribution in [2.45, 2.75) is 0 Å². The summed E-state index contributed by atoms with van der Waals surface area (Å²) in [6, 6.07) is 5.13. The van der Waals surface area contributed by atoms with Crippen molar-refractivity contribution in [1.82, 2.24) is 0 Å². The van der Waals surface area contributed by atoms with E-state index in [-0.39, 0.29) is 10.6 Å². The highest BCUT2D eigenvalue weighted by Crippen LogP contribution is 2.38. The van der Waals surface area contributed by atoms with Gasteiger partial charge in [0.25, 0.3) is 5.69 Å². The fourth-order valence-corrected chi connectivity index (χ4v) is 2.33. The maximum absolute atomic E-state index is 10.7. The second kappa shape index (κ2) is 2.85. The predicted molar refractivity (Wildman–Crippen MR) is 57.5 cm³/mol. The number of rotatable bonds is 1. The molecule has 0 radical (unpaired) electrons. The predicted octanol–water partition coefficient (Wildman–Crippen LogP) is 1.23. The Morgan fingerprint density at radius 1 is 1.07 bits per heavy atom. The lowest BCUT2D eigenvalue weighted by molar-refractivity contribution is -0.384. The zero-order valence-corrected chi connectivity index (χ0v) is 8.22. The van der Waals surface area contributed by atoms with E-state index < -0.39 is 0 Å². The van der Waals surface area contributed by atoms with Gasteiger partial charge in [0.15, 0.2) is 0 Å². The van der Waals surface area contributed by atoms with Gasteiger partial charge in [-0.05, 0) is 6.07 Å². The van der Waals surface area contributed by atoms with Crippen molar-refractivity contribution in [3.05, 3.63) is 28.3 Å². The van der Waals surface area contributed by atoms with Crippen molar-refractivity contribution in [3.8, 4) is 0 Å². The minimum absolute atomic E-state index is 0.183. The van der Waals surface area contributed by atoms with Gasteiger partial charge < -0.3 is 9.80 Å². The Morgan fingerprint density at radius 3 is 2.27 bits per heavy atom. The highest BCUT2D eigenvalue weighted by atomic mass is 16.6. The highest BCUT2D eigenvalue weighted by Gasteiger charge is 2.29. The lowest BCUT2D eigenvalue weighted by Gasteiger charge is -2.45. The molecule has 0 aliphatic carbocycles. The number of hydrogen-bond donors (Lipinski definition) is 0. The maximum Gasteiger partial charge on any atom is 0.271 e. The van der Waals surface area contributed by atoms with Crippen LogP contribution in [0.3, 0.4) is 0 Å². The molecule has 0 spiro atoms. The van der Waals surface area contributed by atoms with Crippen molar-refractivity contribution in [1.29, 1.82) is 0 Å². The van der Waals surface area contributed by atoms with Gasteiger partial charge in [0.1, 0.15) is 0 Å². The first-order valence-electron chi connectivity index (χ1n) is 5.04. The number of non-ortho nitro benzene ring substituents is 1. The molecule has 1 aromatic rings. The molecule has 3 aliphatic heterocycles. The van der Waals surface area contributed by atoms with Gasteiger partial charge in [-0.3, -0.25) is 10.1 Å². The summed E-state index contributed by atoms with van der Waals surface area (Å²) in [5.74, 6) is 0. The summed E-state index contributed by atoms with van der Waals surface area (Å²) in [6.07, 6.45) is 0. The average Bonchev–Trinajstić information content (AvgIpc) is 2.30. The Bertz CT molecular complexity index is 425. The van der Waals surface area contributed by atoms with Crippen LogP contribution in [0.5, 0.6) is 0 Å². The Balaban J connectivity index is 2.12. The van der Waals surface area contributed by atoms with Crippen molar-refractivity contribution in [2.24, 2.45) is 0 Å². The molecular formula is C10H11N3O2. The number of nitro groups is 1. The Morgan fingerprint density at radius 2 is 1.67 bits per heavy atom. The van der Waals surface area contributed by atoms with E-state index in [4.69, 9.17) is 0 Å². The number of hydrogen-bond acceptors (Lipinski definition) is 4. The van der Waals surface area contributed by atoms with Crippen molar-refractivity contribution in [3.63, 3.8) is 0 Å². The fraction of sp³-hybridized carbons (Fsp3) is 0.400. The molecule has 5 nitrogen and oxygen atoms in total. The SMILES string of the molecule is O=[N+]([O-])c1ccc2c(c1)N1CCN2CC1. The van der Waals surface area contributed by atoms with Crippen LogP contribution in [0.15, 0.2) is 18.2 Å². The van der Waals surface area contributed by atoms with E-state index in [9.17, 15) is 10.1 Å². The molecule has 0 saturated carbocycles. The average molecular weight is 205 g/mol. The van der Waals surface area contributed by atoms with Gasteiger partial charge in [-0.1, -0.05) is 0 Å². The first-order chi connectivity index (χ1) is 7.25. The highest BCUT2D eigenvalue weighted by molar-refractivity contribution is 5.77. The van der Waals surface area contributed by atoms with E-state index in [0.717, 1.165) is 37.6 Å². The summed E-state index contributed by atoms with van der Waals surface area (Å²) >= 11 is 0. The molecule has 1 fully saturated rings. The van der Waals surface area contributed by atoms with E-state index in [1.165, 1.54) is 0 Å². The molecule has 1 aromatic carbocycles. The van der Waals surface area contributed by atoms with Gasteiger partial charge in [0, 0.05) is 38.3 Å². The Hall–Kier alpha value is -1.78. The third kappa shape index (κ3) is 1.16. The van der Waals surface area contributed by atoms with E-state index in [2.05, 4.69) is 9.80 Å². The number of benzene rings is 1. The summed E-state index contributed by atoms with van der Waals surface area (Å²) in [5, 5.41) is 10.7. The molecular weight excluding hydrogens is 194 g/mol. The van der Waals surface area contributed by atoms with Crippen LogP contribution in [0.4, 0.5) is 17.1 Å². The fourth-order valence-electron chi connectivity index (χ4n) is 2.33. The van der Waals surface area contributed by atoms with Crippen LogP contribution in [0.1, 0.15) is 0 Å². The summed E-state index contributed by atoms with van der Waals surface area (Å²) in [7, 11) is 0. The van der Waals surface area contributed by atoms with Crippen LogP contribution in [0.25, 0.3) is 0 Å². The number of piperazine rings is 1. The number of fused-ring (bicyclic) bond motifs is 2. The van der Waals surface area contributed by atoms with Crippen LogP contribution in [0.2, 0.25) is 0 Å². The molecule has 15 heavy (non-hydrogen) atoms. The third-order valence-corrected chi connectivity index (χ3v) is 3.13. The molecule has 0 amide bonds. The molecule has 3 heterocycles. The van der Waals surface area contributed by atoms with Crippen molar-refractivity contribution >= 4 is 17.1 Å². The second-order valence-corrected chi connectivity index (χ2v) is 3.90. The second-order valence-electron chi connectivity index (χ2n) is 3.90. The van der Waals surface area contributed by atoms with Crippen LogP contribution in [-0.2, 0) is 0 Å². The number of nitrogens with zero attached hydrogens (tertiary/aromatic N) is 3. The molecule has 0 aromatic heterocycles. The summed E-state index contributed by atoms with van der Waals surface area (Å²) in [4.78, 5) is 14.8. The Labute approximate surface area is 87.1 Å². The first kappa shape index (κ1) is 8.52. The van der Waals surface area contributed by atoms with Gasteiger partial charge in [0.2, 0.25) is 0 Å². The van der Waals surface area contributed by atoms with E-state index in [1.54, 1.807) is 12.1 Å². The van der Waals surface area contributed by atoms with Crippen LogP contribution in [0, 0.1) is 10.1 Å². The van der Waals surface area contributed by atoms with E-state index in [1.807, 2.05) is 6.07 Å². The van der Waals surface area contributed by atoms with Crippen LogP contribution >= 0.6 is 0 Å². The Kier molecular flexibility index (Phi) is 1.62. The first-order valence-corrected chi connectivity index (χ1v) is 5.04.